The first-order chi connectivity index (χ1) is 22.5. The van der Waals surface area contributed by atoms with Crippen molar-refractivity contribution in [3.05, 3.63) is 151 Å². The van der Waals surface area contributed by atoms with Crippen LogP contribution in [0, 0.1) is 0 Å². The summed E-state index contributed by atoms with van der Waals surface area (Å²) in [6.45, 7) is 0. The average Bonchev–Trinajstić information content (AvgIpc) is 3.11. The quantitative estimate of drug-likeness (QED) is 0.188. The largest absolute Gasteiger partial charge is 0.432 e. The molecule has 6 nitrogen and oxygen atoms in total. The Hall–Kier alpha value is -5.92. The minimum Gasteiger partial charge on any atom is -0.432 e. The Bertz CT molecular complexity index is 2200. The Morgan fingerprint density at radius 3 is 1.93 bits per heavy atom. The van der Waals surface area contributed by atoms with Crippen molar-refractivity contribution in [2.45, 2.75) is 0 Å². The summed E-state index contributed by atoms with van der Waals surface area (Å²) in [5.74, 6) is 0.289. The highest BCUT2D eigenvalue weighted by Crippen LogP contribution is 2.32. The molecular weight excluding hydrogens is 589 g/mol. The minimum atomic E-state index is -0.251. The second-order valence-electron chi connectivity index (χ2n) is 10.8. The number of carbonyl (C=O) groups excluding carboxylic acids is 1. The number of anilines is 2. The molecule has 1 heterocycles. The van der Waals surface area contributed by atoms with Crippen LogP contribution in [-0.2, 0) is 0 Å². The zero-order chi connectivity index (χ0) is 31.5. The molecule has 1 aromatic heterocycles. The Kier molecular flexibility index (Phi) is 7.89. The maximum Gasteiger partial charge on any atom is 0.269 e. The number of rotatable bonds is 6. The molecule has 0 aliphatic heterocycles. The van der Waals surface area contributed by atoms with Gasteiger partial charge in [-0.05, 0) is 77.6 Å². The van der Waals surface area contributed by atoms with Crippen molar-refractivity contribution in [2.24, 2.45) is 0 Å². The first kappa shape index (κ1) is 28.8. The molecule has 7 heteroatoms. The van der Waals surface area contributed by atoms with Gasteiger partial charge in [0.1, 0.15) is 5.75 Å². The van der Waals surface area contributed by atoms with E-state index in [1.165, 1.54) is 0 Å². The van der Waals surface area contributed by atoms with Crippen molar-refractivity contribution in [1.29, 1.82) is 0 Å². The van der Waals surface area contributed by atoms with Gasteiger partial charge in [-0.2, -0.15) is 0 Å². The number of amides is 1. The van der Waals surface area contributed by atoms with Gasteiger partial charge in [0.2, 0.25) is 0 Å². The van der Waals surface area contributed by atoms with Crippen LogP contribution >= 0.6 is 12.2 Å². The van der Waals surface area contributed by atoms with Crippen LogP contribution < -0.4 is 15.0 Å². The van der Waals surface area contributed by atoms with Crippen LogP contribution in [-0.4, -0.2) is 28.1 Å². The highest BCUT2D eigenvalue weighted by molar-refractivity contribution is 7.80. The van der Waals surface area contributed by atoms with Crippen molar-refractivity contribution in [2.75, 3.05) is 17.3 Å². The van der Waals surface area contributed by atoms with Gasteiger partial charge in [-0.25, -0.2) is 9.97 Å². The van der Waals surface area contributed by atoms with Crippen LogP contribution in [0.5, 0.6) is 5.75 Å². The summed E-state index contributed by atoms with van der Waals surface area (Å²) in [5, 5.41) is 5.57. The summed E-state index contributed by atoms with van der Waals surface area (Å²) < 4.78 is 5.94. The first-order valence-electron chi connectivity index (χ1n) is 14.8. The van der Waals surface area contributed by atoms with E-state index >= 15 is 0 Å². The molecule has 46 heavy (non-hydrogen) atoms. The molecule has 0 bridgehead atoms. The molecule has 1 N–H and O–H groups in total. The van der Waals surface area contributed by atoms with Crippen LogP contribution in [0.15, 0.2) is 146 Å². The van der Waals surface area contributed by atoms with E-state index in [0.29, 0.717) is 27.7 Å². The summed E-state index contributed by atoms with van der Waals surface area (Å²) in [6.07, 6.45) is 0. The maximum atomic E-state index is 13.2. The van der Waals surface area contributed by atoms with E-state index < -0.39 is 0 Å². The molecular formula is C39H28N4O2S. The minimum absolute atomic E-state index is 0.251. The molecule has 7 aromatic rings. The Morgan fingerprint density at radius 1 is 0.652 bits per heavy atom. The summed E-state index contributed by atoms with van der Waals surface area (Å²) in [4.78, 5) is 25.0. The third kappa shape index (κ3) is 6.04. The zero-order valence-corrected chi connectivity index (χ0v) is 25.7. The van der Waals surface area contributed by atoms with Gasteiger partial charge in [0.05, 0.1) is 22.4 Å². The average molecular weight is 617 g/mol. The third-order valence-corrected chi connectivity index (χ3v) is 8.09. The Labute approximate surface area is 272 Å². The normalized spacial score (nSPS) is 10.9. The smallest absolute Gasteiger partial charge is 0.269 e. The molecule has 0 spiro atoms. The third-order valence-electron chi connectivity index (χ3n) is 7.73. The molecule has 0 aliphatic rings. The lowest BCUT2D eigenvalue weighted by atomic mass is 10.0. The van der Waals surface area contributed by atoms with Crippen LogP contribution in [0.4, 0.5) is 11.4 Å². The molecule has 0 fully saturated rings. The SMILES string of the molecule is CN(C(=S)Oc1ccc(C(=O)Nc2ccc3nc(-c4ccccc4)c(-c4ccccc4)nc3c2)cc1)c1ccc2ccccc2c1. The van der Waals surface area contributed by atoms with Crippen molar-refractivity contribution < 1.29 is 9.53 Å². The molecule has 0 aliphatic carbocycles. The van der Waals surface area contributed by atoms with Crippen molar-refractivity contribution in [1.82, 2.24) is 9.97 Å². The summed E-state index contributed by atoms with van der Waals surface area (Å²) in [6, 6.07) is 46.8. The first-order valence-corrected chi connectivity index (χ1v) is 15.2. The molecule has 6 aromatic carbocycles. The lowest BCUT2D eigenvalue weighted by Crippen LogP contribution is -2.29. The van der Waals surface area contributed by atoms with E-state index in [1.807, 2.05) is 109 Å². The van der Waals surface area contributed by atoms with Gasteiger partial charge in [0, 0.05) is 35.1 Å². The van der Waals surface area contributed by atoms with Crippen molar-refractivity contribution in [3.63, 3.8) is 0 Å². The van der Waals surface area contributed by atoms with Crippen LogP contribution in [0.1, 0.15) is 10.4 Å². The monoisotopic (exact) mass is 616 g/mol. The van der Waals surface area contributed by atoms with Gasteiger partial charge in [-0.15, -0.1) is 0 Å². The number of aromatic nitrogens is 2. The summed E-state index contributed by atoms with van der Waals surface area (Å²) >= 11 is 5.56. The second-order valence-corrected chi connectivity index (χ2v) is 11.1. The van der Waals surface area contributed by atoms with E-state index in [2.05, 4.69) is 29.6 Å². The topological polar surface area (TPSA) is 67.3 Å². The summed E-state index contributed by atoms with van der Waals surface area (Å²) in [5.41, 5.74) is 6.99. The Balaban J connectivity index is 1.07. The fourth-order valence-corrected chi connectivity index (χ4v) is 5.47. The molecule has 0 radical (unpaired) electrons. The molecule has 1 amide bonds. The standard InChI is InChI=1S/C39H28N4O2S/c1-43(32-20-16-26-10-8-9-15-30(26)24-32)39(46)45-33-21-17-29(18-22-33)38(44)40-31-19-23-34-35(25-31)42-37(28-13-6-3-7-14-28)36(41-34)27-11-4-2-5-12-27/h2-25H,1H3,(H,40,44). The fraction of sp³-hybridized carbons (Fsp3) is 0.0256. The number of hydrogen-bond donors (Lipinski definition) is 1. The van der Waals surface area contributed by atoms with Gasteiger partial charge in [-0.1, -0.05) is 91.0 Å². The van der Waals surface area contributed by atoms with Gasteiger partial charge in [-0.3, -0.25) is 4.79 Å². The predicted molar refractivity (Wildman–Crippen MR) is 190 cm³/mol. The van der Waals surface area contributed by atoms with Crippen molar-refractivity contribution in [3.8, 4) is 28.3 Å². The number of benzene rings is 6. The van der Waals surface area contributed by atoms with E-state index in [9.17, 15) is 4.79 Å². The highest BCUT2D eigenvalue weighted by Gasteiger charge is 2.15. The molecule has 0 saturated carbocycles. The molecule has 0 unspecified atom stereocenters. The Morgan fingerprint density at radius 2 is 1.26 bits per heavy atom. The maximum absolute atomic E-state index is 13.2. The van der Waals surface area contributed by atoms with E-state index in [0.717, 1.165) is 44.5 Å². The van der Waals surface area contributed by atoms with E-state index in [-0.39, 0.29) is 5.91 Å². The van der Waals surface area contributed by atoms with Gasteiger partial charge in [0.25, 0.3) is 11.1 Å². The highest BCUT2D eigenvalue weighted by atomic mass is 32.1. The molecule has 0 saturated heterocycles. The lowest BCUT2D eigenvalue weighted by Gasteiger charge is -2.20. The van der Waals surface area contributed by atoms with Crippen LogP contribution in [0.2, 0.25) is 0 Å². The number of nitrogens with zero attached hydrogens (tertiary/aromatic N) is 3. The molecule has 7 rings (SSSR count). The van der Waals surface area contributed by atoms with E-state index in [1.54, 1.807) is 24.3 Å². The molecule has 0 atom stereocenters. The predicted octanol–water partition coefficient (Wildman–Crippen LogP) is 9.17. The van der Waals surface area contributed by atoms with Crippen LogP contribution in [0.3, 0.4) is 0 Å². The number of fused-ring (bicyclic) bond motifs is 2. The van der Waals surface area contributed by atoms with E-state index in [4.69, 9.17) is 26.9 Å². The molecule has 222 valence electrons. The number of nitrogens with one attached hydrogen (secondary N) is 1. The van der Waals surface area contributed by atoms with Crippen molar-refractivity contribution >= 4 is 56.5 Å². The lowest BCUT2D eigenvalue weighted by molar-refractivity contribution is 0.102. The number of hydrogen-bond acceptors (Lipinski definition) is 5. The number of carbonyl (C=O) groups is 1. The number of thiocarbonyl (C=S) groups is 1. The van der Waals surface area contributed by atoms with Gasteiger partial charge >= 0.3 is 0 Å². The van der Waals surface area contributed by atoms with Gasteiger partial charge in [0.15, 0.2) is 0 Å². The fourth-order valence-electron chi connectivity index (χ4n) is 5.26. The summed E-state index contributed by atoms with van der Waals surface area (Å²) in [7, 11) is 1.87. The van der Waals surface area contributed by atoms with Crippen LogP contribution in [0.25, 0.3) is 44.3 Å². The second kappa shape index (κ2) is 12.6. The van der Waals surface area contributed by atoms with Gasteiger partial charge < -0.3 is 15.0 Å². The number of ether oxygens (including phenoxy) is 1. The zero-order valence-electron chi connectivity index (χ0n) is 24.9.